The van der Waals surface area contributed by atoms with Gasteiger partial charge in [0.15, 0.2) is 0 Å². The van der Waals surface area contributed by atoms with Crippen LogP contribution in [0.4, 0.5) is 4.39 Å². The molecule has 84 valence electrons. The van der Waals surface area contributed by atoms with Gasteiger partial charge in [-0.25, -0.2) is 4.39 Å². The Hall–Kier alpha value is -1.16. The Kier molecular flexibility index (Phi) is 3.10. The van der Waals surface area contributed by atoms with E-state index in [0.717, 1.165) is 21.3 Å². The molecule has 0 amide bonds. The Morgan fingerprint density at radius 3 is 2.81 bits per heavy atom. The van der Waals surface area contributed by atoms with Crippen LogP contribution in [-0.4, -0.2) is 9.78 Å². The molecule has 2 aromatic rings. The smallest absolute Gasteiger partial charge is 0.123 e. The summed E-state index contributed by atoms with van der Waals surface area (Å²) < 4.78 is 15.9. The first-order chi connectivity index (χ1) is 7.58. The Morgan fingerprint density at radius 1 is 1.44 bits per heavy atom. The van der Waals surface area contributed by atoms with Gasteiger partial charge in [0.25, 0.3) is 0 Å². The molecule has 0 saturated heterocycles. The first-order valence-corrected chi connectivity index (χ1v) is 5.78. The largest absolute Gasteiger partial charge is 0.272 e. The number of halogens is 2. The van der Waals surface area contributed by atoms with Crippen LogP contribution in [0.3, 0.4) is 0 Å². The van der Waals surface area contributed by atoms with Crippen LogP contribution in [0.2, 0.25) is 0 Å². The van der Waals surface area contributed by atoms with E-state index in [1.807, 2.05) is 24.9 Å². The Morgan fingerprint density at radius 2 is 2.19 bits per heavy atom. The van der Waals surface area contributed by atoms with E-state index in [9.17, 15) is 4.39 Å². The van der Waals surface area contributed by atoms with Crippen LogP contribution in [0, 0.1) is 12.7 Å². The van der Waals surface area contributed by atoms with Crippen molar-refractivity contribution in [1.29, 1.82) is 0 Å². The lowest BCUT2D eigenvalue weighted by Crippen LogP contribution is -2.01. The Bertz CT molecular complexity index is 500. The highest BCUT2D eigenvalue weighted by Crippen LogP contribution is 2.22. The maximum Gasteiger partial charge on any atom is 0.123 e. The van der Waals surface area contributed by atoms with Crippen molar-refractivity contribution in [2.75, 3.05) is 0 Å². The summed E-state index contributed by atoms with van der Waals surface area (Å²) in [6.45, 7) is 2.01. The first-order valence-electron chi connectivity index (χ1n) is 4.99. The predicted octanol–water partition coefficient (Wildman–Crippen LogP) is 3.22. The van der Waals surface area contributed by atoms with E-state index in [2.05, 4.69) is 21.0 Å². The molecule has 0 atom stereocenters. The normalized spacial score (nSPS) is 10.8. The molecule has 1 aromatic heterocycles. The molecule has 2 rings (SSSR count). The first kappa shape index (κ1) is 11.3. The van der Waals surface area contributed by atoms with E-state index in [1.165, 1.54) is 6.07 Å². The molecule has 0 N–H and O–H groups in total. The van der Waals surface area contributed by atoms with Crippen LogP contribution in [0.25, 0.3) is 0 Å². The van der Waals surface area contributed by atoms with Crippen LogP contribution in [0.1, 0.15) is 16.8 Å². The van der Waals surface area contributed by atoms with E-state index in [-0.39, 0.29) is 5.82 Å². The SMILES string of the molecule is Cc1cnn(C)c1Cc1cc(F)ccc1Br. The van der Waals surface area contributed by atoms with Gasteiger partial charge in [-0.1, -0.05) is 15.9 Å². The van der Waals surface area contributed by atoms with Crippen molar-refractivity contribution in [3.63, 3.8) is 0 Å². The molecule has 0 unspecified atom stereocenters. The summed E-state index contributed by atoms with van der Waals surface area (Å²) in [4.78, 5) is 0. The highest BCUT2D eigenvalue weighted by molar-refractivity contribution is 9.10. The van der Waals surface area contributed by atoms with Crippen molar-refractivity contribution in [1.82, 2.24) is 9.78 Å². The summed E-state index contributed by atoms with van der Waals surface area (Å²) in [6, 6.07) is 4.73. The minimum atomic E-state index is -0.210. The summed E-state index contributed by atoms with van der Waals surface area (Å²) in [5, 5.41) is 4.17. The molecule has 1 heterocycles. The van der Waals surface area contributed by atoms with Crippen molar-refractivity contribution in [3.8, 4) is 0 Å². The molecule has 0 bridgehead atoms. The van der Waals surface area contributed by atoms with Gasteiger partial charge >= 0.3 is 0 Å². The zero-order valence-corrected chi connectivity index (χ0v) is 10.8. The molecular weight excluding hydrogens is 271 g/mol. The lowest BCUT2D eigenvalue weighted by atomic mass is 10.1. The second-order valence-corrected chi connectivity index (χ2v) is 4.66. The lowest BCUT2D eigenvalue weighted by Gasteiger charge is -2.06. The lowest BCUT2D eigenvalue weighted by molar-refractivity contribution is 0.624. The molecular formula is C12H12BrFN2. The summed E-state index contributed by atoms with van der Waals surface area (Å²) in [7, 11) is 1.90. The highest BCUT2D eigenvalue weighted by atomic mass is 79.9. The second-order valence-electron chi connectivity index (χ2n) is 3.81. The molecule has 2 nitrogen and oxygen atoms in total. The van der Waals surface area contributed by atoms with Gasteiger partial charge in [0.1, 0.15) is 5.82 Å². The quantitative estimate of drug-likeness (QED) is 0.827. The minimum Gasteiger partial charge on any atom is -0.272 e. The zero-order chi connectivity index (χ0) is 11.7. The third-order valence-corrected chi connectivity index (χ3v) is 3.41. The number of rotatable bonds is 2. The summed E-state index contributed by atoms with van der Waals surface area (Å²) in [5.74, 6) is -0.210. The third kappa shape index (κ3) is 2.16. The minimum absolute atomic E-state index is 0.210. The highest BCUT2D eigenvalue weighted by Gasteiger charge is 2.08. The van der Waals surface area contributed by atoms with E-state index >= 15 is 0 Å². The van der Waals surface area contributed by atoms with Crippen molar-refractivity contribution < 1.29 is 4.39 Å². The van der Waals surface area contributed by atoms with Gasteiger partial charge in [0.2, 0.25) is 0 Å². The molecule has 0 aliphatic heterocycles. The van der Waals surface area contributed by atoms with Crippen molar-refractivity contribution in [2.45, 2.75) is 13.3 Å². The van der Waals surface area contributed by atoms with Crippen LogP contribution < -0.4 is 0 Å². The summed E-state index contributed by atoms with van der Waals surface area (Å²) in [6.07, 6.45) is 2.50. The Balaban J connectivity index is 2.37. The number of hydrogen-bond donors (Lipinski definition) is 0. The Labute approximate surface area is 102 Å². The van der Waals surface area contributed by atoms with Gasteiger partial charge in [0.05, 0.1) is 6.20 Å². The number of nitrogens with zero attached hydrogens (tertiary/aromatic N) is 2. The van der Waals surface area contributed by atoms with Gasteiger partial charge in [-0.2, -0.15) is 5.10 Å². The van der Waals surface area contributed by atoms with Gasteiger partial charge in [-0.15, -0.1) is 0 Å². The number of aryl methyl sites for hydroxylation is 2. The fraction of sp³-hybridized carbons (Fsp3) is 0.250. The second kappa shape index (κ2) is 4.37. The third-order valence-electron chi connectivity index (χ3n) is 2.64. The van der Waals surface area contributed by atoms with Crippen molar-refractivity contribution >= 4 is 15.9 Å². The van der Waals surface area contributed by atoms with Crippen molar-refractivity contribution in [3.05, 3.63) is 51.5 Å². The predicted molar refractivity (Wildman–Crippen MR) is 64.9 cm³/mol. The average molecular weight is 283 g/mol. The van der Waals surface area contributed by atoms with Gasteiger partial charge < -0.3 is 0 Å². The number of hydrogen-bond acceptors (Lipinski definition) is 1. The molecule has 0 fully saturated rings. The van der Waals surface area contributed by atoms with Crippen LogP contribution in [0.5, 0.6) is 0 Å². The fourth-order valence-electron chi connectivity index (χ4n) is 1.69. The van der Waals surface area contributed by atoms with Crippen LogP contribution in [0.15, 0.2) is 28.9 Å². The summed E-state index contributed by atoms with van der Waals surface area (Å²) in [5.41, 5.74) is 3.16. The number of benzene rings is 1. The molecule has 0 radical (unpaired) electrons. The topological polar surface area (TPSA) is 17.8 Å². The molecule has 0 saturated carbocycles. The maximum absolute atomic E-state index is 13.1. The summed E-state index contributed by atoms with van der Waals surface area (Å²) >= 11 is 3.43. The standard InChI is InChI=1S/C12H12BrFN2/c1-8-7-15-16(2)12(8)6-9-5-10(14)3-4-11(9)13/h3-5,7H,6H2,1-2H3. The van der Waals surface area contributed by atoms with E-state index < -0.39 is 0 Å². The molecule has 0 spiro atoms. The van der Waals surface area contributed by atoms with Crippen molar-refractivity contribution in [2.24, 2.45) is 7.05 Å². The fourth-order valence-corrected chi connectivity index (χ4v) is 2.07. The molecule has 0 aliphatic carbocycles. The van der Waals surface area contributed by atoms with Crippen LogP contribution in [-0.2, 0) is 13.5 Å². The average Bonchev–Trinajstić information content (AvgIpc) is 2.55. The van der Waals surface area contributed by atoms with Gasteiger partial charge in [-0.3, -0.25) is 4.68 Å². The molecule has 0 aliphatic rings. The van der Waals surface area contributed by atoms with Crippen LogP contribution >= 0.6 is 15.9 Å². The van der Waals surface area contributed by atoms with Gasteiger partial charge in [-0.05, 0) is 36.2 Å². The molecule has 16 heavy (non-hydrogen) atoms. The van der Waals surface area contributed by atoms with E-state index in [4.69, 9.17) is 0 Å². The number of aromatic nitrogens is 2. The maximum atomic E-state index is 13.1. The molecule has 4 heteroatoms. The van der Waals surface area contributed by atoms with E-state index in [0.29, 0.717) is 6.42 Å². The molecule has 1 aromatic carbocycles. The van der Waals surface area contributed by atoms with E-state index in [1.54, 1.807) is 12.1 Å². The monoisotopic (exact) mass is 282 g/mol. The van der Waals surface area contributed by atoms with Gasteiger partial charge in [0, 0.05) is 23.6 Å². The zero-order valence-electron chi connectivity index (χ0n) is 9.17.